The van der Waals surface area contributed by atoms with Crippen molar-refractivity contribution in [1.29, 1.82) is 0 Å². The third-order valence-electron chi connectivity index (χ3n) is 2.14. The first kappa shape index (κ1) is 12.5. The first-order valence-electron chi connectivity index (χ1n) is 4.76. The minimum atomic E-state index is -4.38. The Kier molecular flexibility index (Phi) is 3.57. The van der Waals surface area contributed by atoms with E-state index in [2.05, 4.69) is 5.16 Å². The van der Waals surface area contributed by atoms with E-state index < -0.39 is 11.7 Å². The quantitative estimate of drug-likeness (QED) is 0.471. The van der Waals surface area contributed by atoms with Crippen LogP contribution < -0.4 is 0 Å². The maximum atomic E-state index is 12.4. The Morgan fingerprint density at radius 2 is 1.94 bits per heavy atom. The van der Waals surface area contributed by atoms with E-state index in [1.807, 2.05) is 0 Å². The van der Waals surface area contributed by atoms with Gasteiger partial charge in [0.25, 0.3) is 0 Å². The summed E-state index contributed by atoms with van der Waals surface area (Å²) in [4.78, 5) is 0. The maximum absolute atomic E-state index is 12.4. The summed E-state index contributed by atoms with van der Waals surface area (Å²) in [6, 6.07) is 4.75. The molecule has 0 bridgehead atoms. The van der Waals surface area contributed by atoms with Crippen LogP contribution in [0.15, 0.2) is 29.4 Å². The maximum Gasteiger partial charge on any atom is 0.416 e. The van der Waals surface area contributed by atoms with Crippen molar-refractivity contribution in [1.82, 2.24) is 0 Å². The van der Waals surface area contributed by atoms with E-state index in [0.29, 0.717) is 0 Å². The van der Waals surface area contributed by atoms with E-state index >= 15 is 0 Å². The van der Waals surface area contributed by atoms with Crippen LogP contribution in [0.3, 0.4) is 0 Å². The molecule has 88 valence electrons. The van der Waals surface area contributed by atoms with Crippen molar-refractivity contribution in [3.8, 4) is 0 Å². The average molecular weight is 231 g/mol. The van der Waals surface area contributed by atoms with Crippen molar-refractivity contribution >= 4 is 5.71 Å². The number of alkyl halides is 3. The Hall–Kier alpha value is -1.52. The molecule has 0 amide bonds. The van der Waals surface area contributed by atoms with Gasteiger partial charge in [0.15, 0.2) is 0 Å². The zero-order valence-corrected chi connectivity index (χ0v) is 8.92. The highest BCUT2D eigenvalue weighted by molar-refractivity contribution is 6.01. The summed E-state index contributed by atoms with van der Waals surface area (Å²) in [5.74, 6) is -0.145. The molecule has 0 saturated heterocycles. The first-order chi connectivity index (χ1) is 7.36. The van der Waals surface area contributed by atoms with Gasteiger partial charge in [-0.05, 0) is 18.1 Å². The van der Waals surface area contributed by atoms with Crippen LogP contribution in [-0.4, -0.2) is 10.9 Å². The molecule has 16 heavy (non-hydrogen) atoms. The zero-order valence-electron chi connectivity index (χ0n) is 8.92. The molecule has 0 heterocycles. The van der Waals surface area contributed by atoms with Crippen LogP contribution in [0.4, 0.5) is 13.2 Å². The molecule has 5 heteroatoms. The third kappa shape index (κ3) is 2.74. The second-order valence-electron chi connectivity index (χ2n) is 3.72. The third-order valence-corrected chi connectivity index (χ3v) is 2.14. The Bertz CT molecular complexity index is 396. The Morgan fingerprint density at radius 3 is 2.38 bits per heavy atom. The largest absolute Gasteiger partial charge is 0.416 e. The highest BCUT2D eigenvalue weighted by Gasteiger charge is 2.30. The van der Waals surface area contributed by atoms with Crippen LogP contribution in [-0.2, 0) is 6.18 Å². The fourth-order valence-corrected chi connectivity index (χ4v) is 1.36. The van der Waals surface area contributed by atoms with Crippen LogP contribution in [0.2, 0.25) is 0 Å². The summed E-state index contributed by atoms with van der Waals surface area (Å²) in [5, 5.41) is 11.8. The molecule has 0 fully saturated rings. The smallest absolute Gasteiger partial charge is 0.411 e. The molecule has 0 saturated carbocycles. The molecule has 0 spiro atoms. The number of benzene rings is 1. The number of halogens is 3. The summed E-state index contributed by atoms with van der Waals surface area (Å²) in [6.45, 7) is 3.49. The highest BCUT2D eigenvalue weighted by atomic mass is 19.4. The summed E-state index contributed by atoms with van der Waals surface area (Å²) >= 11 is 0. The van der Waals surface area contributed by atoms with Crippen molar-refractivity contribution < 1.29 is 18.4 Å². The number of oxime groups is 1. The Labute approximate surface area is 91.4 Å². The molecule has 0 aliphatic rings. The van der Waals surface area contributed by atoms with Crippen LogP contribution >= 0.6 is 0 Å². The predicted molar refractivity (Wildman–Crippen MR) is 54.6 cm³/mol. The molecule has 0 aliphatic carbocycles. The monoisotopic (exact) mass is 231 g/mol. The number of hydrogen-bond donors (Lipinski definition) is 1. The molecule has 1 N–H and O–H groups in total. The summed E-state index contributed by atoms with van der Waals surface area (Å²) < 4.78 is 37.3. The van der Waals surface area contributed by atoms with E-state index in [1.165, 1.54) is 12.1 Å². The van der Waals surface area contributed by atoms with Crippen LogP contribution in [0.1, 0.15) is 25.0 Å². The Balaban J connectivity index is 3.18. The van der Waals surface area contributed by atoms with Crippen LogP contribution in [0.5, 0.6) is 0 Å². The lowest BCUT2D eigenvalue weighted by molar-refractivity contribution is -0.137. The number of hydrogen-bond acceptors (Lipinski definition) is 2. The predicted octanol–water partition coefficient (Wildman–Crippen LogP) is 3.54. The normalized spacial score (nSPS) is 13.2. The SMILES string of the molecule is CC(C)C(=NO)c1cccc(C(F)(F)F)c1. The highest BCUT2D eigenvalue weighted by Crippen LogP contribution is 2.30. The molecular weight excluding hydrogens is 219 g/mol. The van der Waals surface area contributed by atoms with Crippen molar-refractivity contribution in [2.24, 2.45) is 11.1 Å². The molecule has 1 aromatic carbocycles. The summed E-state index contributed by atoms with van der Waals surface area (Å²) in [7, 11) is 0. The van der Waals surface area contributed by atoms with Gasteiger partial charge in [-0.15, -0.1) is 0 Å². The number of nitrogens with zero attached hydrogens (tertiary/aromatic N) is 1. The molecule has 0 atom stereocenters. The van der Waals surface area contributed by atoms with Gasteiger partial charge >= 0.3 is 6.18 Å². The van der Waals surface area contributed by atoms with Gasteiger partial charge in [0.1, 0.15) is 0 Å². The van der Waals surface area contributed by atoms with Gasteiger partial charge < -0.3 is 5.21 Å². The van der Waals surface area contributed by atoms with Crippen molar-refractivity contribution in [2.45, 2.75) is 20.0 Å². The van der Waals surface area contributed by atoms with Crippen molar-refractivity contribution in [2.75, 3.05) is 0 Å². The van der Waals surface area contributed by atoms with Gasteiger partial charge in [-0.3, -0.25) is 0 Å². The van der Waals surface area contributed by atoms with Gasteiger partial charge in [0, 0.05) is 5.56 Å². The lowest BCUT2D eigenvalue weighted by Gasteiger charge is -2.11. The number of rotatable bonds is 2. The van der Waals surface area contributed by atoms with E-state index in [-0.39, 0.29) is 17.2 Å². The lowest BCUT2D eigenvalue weighted by Crippen LogP contribution is -2.12. The van der Waals surface area contributed by atoms with E-state index in [9.17, 15) is 13.2 Å². The van der Waals surface area contributed by atoms with Crippen molar-refractivity contribution in [3.63, 3.8) is 0 Å². The van der Waals surface area contributed by atoms with Gasteiger partial charge in [-0.2, -0.15) is 13.2 Å². The van der Waals surface area contributed by atoms with E-state index in [1.54, 1.807) is 13.8 Å². The minimum Gasteiger partial charge on any atom is -0.411 e. The topological polar surface area (TPSA) is 32.6 Å². The van der Waals surface area contributed by atoms with E-state index in [0.717, 1.165) is 12.1 Å². The summed E-state index contributed by atoms with van der Waals surface area (Å²) in [5.41, 5.74) is -0.217. The molecular formula is C11H12F3NO. The summed E-state index contributed by atoms with van der Waals surface area (Å²) in [6.07, 6.45) is -4.38. The standard InChI is InChI=1S/C11H12F3NO/c1-7(2)10(15-16)8-4-3-5-9(6-8)11(12,13)14/h3-7,16H,1-2H3. The molecule has 2 nitrogen and oxygen atoms in total. The van der Waals surface area contributed by atoms with Gasteiger partial charge in [-0.1, -0.05) is 31.1 Å². The average Bonchev–Trinajstić information content (AvgIpc) is 2.17. The molecule has 0 radical (unpaired) electrons. The van der Waals surface area contributed by atoms with Gasteiger partial charge in [0.2, 0.25) is 0 Å². The van der Waals surface area contributed by atoms with Crippen LogP contribution in [0.25, 0.3) is 0 Å². The van der Waals surface area contributed by atoms with Gasteiger partial charge in [0.05, 0.1) is 11.3 Å². The van der Waals surface area contributed by atoms with E-state index in [4.69, 9.17) is 5.21 Å². The molecule has 1 rings (SSSR count). The second kappa shape index (κ2) is 4.55. The molecule has 0 unspecified atom stereocenters. The first-order valence-corrected chi connectivity index (χ1v) is 4.76. The molecule has 1 aromatic rings. The Morgan fingerprint density at radius 1 is 1.31 bits per heavy atom. The lowest BCUT2D eigenvalue weighted by atomic mass is 9.98. The fraction of sp³-hybridized carbons (Fsp3) is 0.364. The van der Waals surface area contributed by atoms with Crippen LogP contribution in [0, 0.1) is 5.92 Å². The molecule has 0 aliphatic heterocycles. The van der Waals surface area contributed by atoms with Gasteiger partial charge in [-0.25, -0.2) is 0 Å². The zero-order chi connectivity index (χ0) is 12.3. The minimum absolute atomic E-state index is 0.145. The fourth-order valence-electron chi connectivity index (χ4n) is 1.36. The second-order valence-corrected chi connectivity index (χ2v) is 3.72. The molecule has 0 aromatic heterocycles. The van der Waals surface area contributed by atoms with Crippen molar-refractivity contribution in [3.05, 3.63) is 35.4 Å².